The van der Waals surface area contributed by atoms with Crippen molar-refractivity contribution in [2.45, 2.75) is 102 Å². The van der Waals surface area contributed by atoms with E-state index in [9.17, 15) is 23.1 Å². The molecule has 1 saturated carbocycles. The van der Waals surface area contributed by atoms with Gasteiger partial charge in [-0.1, -0.05) is 31.0 Å². The third-order valence-electron chi connectivity index (χ3n) is 11.5. The Morgan fingerprint density at radius 3 is 2.52 bits per heavy atom. The molecule has 9 nitrogen and oxygen atoms in total. The van der Waals surface area contributed by atoms with Gasteiger partial charge in [-0.3, -0.25) is 9.59 Å². The number of benzene rings is 2. The second kappa shape index (κ2) is 14.6. The number of ether oxygens (including phenoxy) is 1. The van der Waals surface area contributed by atoms with Gasteiger partial charge in [-0.05, 0) is 124 Å². The fourth-order valence-corrected chi connectivity index (χ4v) is 9.66. The highest BCUT2D eigenvalue weighted by Gasteiger charge is 2.48. The third-order valence-corrected chi connectivity index (χ3v) is 13.7. The van der Waals surface area contributed by atoms with Gasteiger partial charge in [-0.15, -0.1) is 0 Å². The second-order valence-corrected chi connectivity index (χ2v) is 17.1. The molecule has 2 bridgehead atoms. The van der Waals surface area contributed by atoms with Crippen molar-refractivity contribution >= 4 is 39.1 Å². The number of likely N-dealkylation sites (tertiary alicyclic amines) is 1. The molecular formula is C37H50ClN3O6S. The maximum absolute atomic E-state index is 13.5. The first kappa shape index (κ1) is 35.0. The molecule has 4 aliphatic rings. The maximum Gasteiger partial charge on any atom is 0.264 e. The predicted molar refractivity (Wildman–Crippen MR) is 188 cm³/mol. The van der Waals surface area contributed by atoms with Gasteiger partial charge in [0.1, 0.15) is 12.4 Å². The predicted octanol–water partition coefficient (Wildman–Crippen LogP) is 6.10. The molecule has 2 aromatic carbocycles. The van der Waals surface area contributed by atoms with E-state index in [1.165, 1.54) is 0 Å². The molecule has 2 N–H and O–H groups in total. The fraction of sp³-hybridized carbons (Fsp3) is 0.622. The highest BCUT2D eigenvalue weighted by Crippen LogP contribution is 2.48. The number of aliphatic hydroxyl groups is 1. The van der Waals surface area contributed by atoms with Crippen molar-refractivity contribution in [2.75, 3.05) is 31.1 Å². The minimum atomic E-state index is -3.98. The minimum absolute atomic E-state index is 0.0139. The smallest absolute Gasteiger partial charge is 0.264 e. The average Bonchev–Trinajstić information content (AvgIpc) is 3.57. The molecule has 11 heteroatoms. The molecule has 2 fully saturated rings. The zero-order valence-electron chi connectivity index (χ0n) is 28.3. The fourth-order valence-electron chi connectivity index (χ4n) is 8.15. The van der Waals surface area contributed by atoms with Gasteiger partial charge in [0.05, 0.1) is 23.0 Å². The zero-order valence-corrected chi connectivity index (χ0v) is 29.8. The van der Waals surface area contributed by atoms with Crippen molar-refractivity contribution in [2.24, 2.45) is 17.8 Å². The summed E-state index contributed by atoms with van der Waals surface area (Å²) in [6.07, 6.45) is 8.10. The van der Waals surface area contributed by atoms with Crippen molar-refractivity contribution < 1.29 is 27.9 Å². The Labute approximate surface area is 290 Å². The van der Waals surface area contributed by atoms with Crippen molar-refractivity contribution in [3.05, 3.63) is 58.1 Å². The molecule has 48 heavy (non-hydrogen) atoms. The molecule has 5 atom stereocenters. The lowest BCUT2D eigenvalue weighted by Gasteiger charge is -2.49. The van der Waals surface area contributed by atoms with Gasteiger partial charge in [0.15, 0.2) is 0 Å². The Hall–Kier alpha value is -2.82. The van der Waals surface area contributed by atoms with Crippen LogP contribution in [0.25, 0.3) is 0 Å². The van der Waals surface area contributed by atoms with Crippen LogP contribution in [0.4, 0.5) is 5.69 Å². The number of anilines is 1. The molecule has 0 unspecified atom stereocenters. The normalized spacial score (nSPS) is 29.7. The van der Waals surface area contributed by atoms with Crippen LogP contribution in [-0.2, 0) is 27.8 Å². The quantitative estimate of drug-likeness (QED) is 0.389. The van der Waals surface area contributed by atoms with E-state index < -0.39 is 26.8 Å². The SMILES string of the molecule is C[C@@H]1[C@@H](C)CCC[C@@](O)(CC(=O)N2CCCC2)[C@@H]2CC[C@H]2CN2CCCCc3cc(Cl)ccc3COc3ccc(cc32)C(=O)NS1(=O)=O. The van der Waals surface area contributed by atoms with E-state index in [-0.39, 0.29) is 35.6 Å². The van der Waals surface area contributed by atoms with E-state index in [4.69, 9.17) is 16.3 Å². The number of hydrogen-bond acceptors (Lipinski definition) is 7. The molecule has 6 rings (SSSR count). The van der Waals surface area contributed by atoms with Crippen LogP contribution in [0.1, 0.15) is 99.5 Å². The van der Waals surface area contributed by atoms with Crippen LogP contribution in [0.15, 0.2) is 36.4 Å². The lowest BCUT2D eigenvalue weighted by Crippen LogP contribution is -2.53. The number of carbonyl (C=O) groups is 2. The first-order valence-electron chi connectivity index (χ1n) is 17.8. The second-order valence-electron chi connectivity index (χ2n) is 14.7. The summed E-state index contributed by atoms with van der Waals surface area (Å²) < 4.78 is 35.6. The van der Waals surface area contributed by atoms with Crippen LogP contribution in [0.3, 0.4) is 0 Å². The molecule has 0 radical (unpaired) electrons. The summed E-state index contributed by atoms with van der Waals surface area (Å²) in [5.41, 5.74) is 2.01. The molecule has 0 aromatic heterocycles. The van der Waals surface area contributed by atoms with Gasteiger partial charge < -0.3 is 19.6 Å². The van der Waals surface area contributed by atoms with Gasteiger partial charge in [0.2, 0.25) is 15.9 Å². The Morgan fingerprint density at radius 2 is 1.77 bits per heavy atom. The van der Waals surface area contributed by atoms with Gasteiger partial charge in [-0.2, -0.15) is 0 Å². The summed E-state index contributed by atoms with van der Waals surface area (Å²) in [5, 5.41) is 12.3. The molecule has 0 spiro atoms. The highest BCUT2D eigenvalue weighted by molar-refractivity contribution is 7.90. The number of nitrogens with zero attached hydrogens (tertiary/aromatic N) is 2. The van der Waals surface area contributed by atoms with E-state index in [0.29, 0.717) is 49.7 Å². The monoisotopic (exact) mass is 699 g/mol. The van der Waals surface area contributed by atoms with E-state index in [1.54, 1.807) is 25.1 Å². The van der Waals surface area contributed by atoms with Crippen LogP contribution in [0.2, 0.25) is 5.02 Å². The number of nitrogens with one attached hydrogen (secondary N) is 1. The summed E-state index contributed by atoms with van der Waals surface area (Å²) in [7, 11) is -3.98. The summed E-state index contributed by atoms with van der Waals surface area (Å²) >= 11 is 6.35. The van der Waals surface area contributed by atoms with E-state index >= 15 is 0 Å². The standard InChI is InChI=1S/C37H50ClN3O6S/c1-25-8-7-16-37(44,22-35(42)40-17-5-6-18-40)32-14-11-29(32)23-41-19-4-3-9-27-20-31(38)13-10-30(27)24-47-34-15-12-28(21-33(34)41)36(43)39-48(45,46)26(25)2/h10,12-13,15,20-21,25-26,29,32,44H,3-9,11,14,16-19,22-24H2,1-2H3,(H,39,43)/t25-,26+,29-,32+,37+/m0/s1. The summed E-state index contributed by atoms with van der Waals surface area (Å²) in [6.45, 7) is 6.64. The molecular weight excluding hydrogens is 650 g/mol. The Kier molecular flexibility index (Phi) is 10.6. The number of sulfonamides is 1. The summed E-state index contributed by atoms with van der Waals surface area (Å²) in [5.74, 6) is -0.204. The third kappa shape index (κ3) is 7.65. The molecule has 1 aliphatic carbocycles. The first-order chi connectivity index (χ1) is 22.9. The first-order valence-corrected chi connectivity index (χ1v) is 19.7. The number of carbonyl (C=O) groups excluding carboxylic acids is 2. The number of amides is 2. The van der Waals surface area contributed by atoms with Crippen molar-refractivity contribution in [1.29, 1.82) is 0 Å². The Morgan fingerprint density at radius 1 is 1.00 bits per heavy atom. The van der Waals surface area contributed by atoms with Gasteiger partial charge >= 0.3 is 0 Å². The summed E-state index contributed by atoms with van der Waals surface area (Å²) in [6, 6.07) is 11.0. The average molecular weight is 700 g/mol. The van der Waals surface area contributed by atoms with E-state index in [1.807, 2.05) is 30.0 Å². The van der Waals surface area contributed by atoms with Crippen LogP contribution >= 0.6 is 11.6 Å². The molecule has 2 amide bonds. The molecule has 3 heterocycles. The molecule has 3 aliphatic heterocycles. The van der Waals surface area contributed by atoms with Crippen LogP contribution < -0.4 is 14.4 Å². The summed E-state index contributed by atoms with van der Waals surface area (Å²) in [4.78, 5) is 31.1. The number of fused-ring (bicyclic) bond motifs is 3. The van der Waals surface area contributed by atoms with Crippen LogP contribution in [-0.4, -0.2) is 67.3 Å². The van der Waals surface area contributed by atoms with Gasteiger partial charge in [-0.25, -0.2) is 13.1 Å². The number of hydrogen-bond donors (Lipinski definition) is 2. The molecule has 1 saturated heterocycles. The lowest BCUT2D eigenvalue weighted by molar-refractivity contribution is -0.145. The number of rotatable bonds is 2. The Balaban J connectivity index is 1.37. The maximum atomic E-state index is 13.5. The minimum Gasteiger partial charge on any atom is -0.487 e. The van der Waals surface area contributed by atoms with Gasteiger partial charge in [0, 0.05) is 36.8 Å². The van der Waals surface area contributed by atoms with Crippen LogP contribution in [0.5, 0.6) is 5.75 Å². The van der Waals surface area contributed by atoms with Crippen molar-refractivity contribution in [3.8, 4) is 5.75 Å². The largest absolute Gasteiger partial charge is 0.487 e. The molecule has 2 aromatic rings. The van der Waals surface area contributed by atoms with Crippen molar-refractivity contribution in [1.82, 2.24) is 9.62 Å². The topological polar surface area (TPSA) is 116 Å². The zero-order chi connectivity index (χ0) is 34.1. The number of aryl methyl sites for hydroxylation is 1. The molecule has 262 valence electrons. The van der Waals surface area contributed by atoms with Crippen molar-refractivity contribution in [3.63, 3.8) is 0 Å². The van der Waals surface area contributed by atoms with Crippen LogP contribution in [0, 0.1) is 17.8 Å². The van der Waals surface area contributed by atoms with Gasteiger partial charge in [0.25, 0.3) is 5.91 Å². The Bertz CT molecular complexity index is 1610. The highest BCUT2D eigenvalue weighted by atomic mass is 35.5. The van der Waals surface area contributed by atoms with E-state index in [0.717, 1.165) is 74.8 Å². The van der Waals surface area contributed by atoms with E-state index in [2.05, 4.69) is 9.62 Å². The number of halogens is 1. The lowest BCUT2D eigenvalue weighted by atomic mass is 9.62.